The van der Waals surface area contributed by atoms with Crippen LogP contribution in [0.3, 0.4) is 0 Å². The number of hydrogen-bond acceptors (Lipinski definition) is 1. The second kappa shape index (κ2) is 6.66. The topological polar surface area (TPSA) is 12.0 Å². The summed E-state index contributed by atoms with van der Waals surface area (Å²) in [4.78, 5) is 0. The third-order valence-corrected chi connectivity index (χ3v) is 3.73. The first-order chi connectivity index (χ1) is 9.51. The van der Waals surface area contributed by atoms with Crippen molar-refractivity contribution in [2.75, 3.05) is 6.54 Å². The van der Waals surface area contributed by atoms with Crippen molar-refractivity contribution in [3.8, 4) is 0 Å². The summed E-state index contributed by atoms with van der Waals surface area (Å²) in [6.45, 7) is 2.57. The normalized spacial score (nSPS) is 12.4. The van der Waals surface area contributed by atoms with E-state index in [0.29, 0.717) is 17.1 Å². The van der Waals surface area contributed by atoms with Crippen LogP contribution in [0.5, 0.6) is 0 Å². The Hall–Kier alpha value is -0.970. The highest BCUT2D eigenvalue weighted by atomic mass is 79.9. The predicted octanol–water partition coefficient (Wildman–Crippen LogP) is 5.08. The van der Waals surface area contributed by atoms with Gasteiger partial charge in [-0.15, -0.1) is 0 Å². The summed E-state index contributed by atoms with van der Waals surface area (Å²) in [5.41, 5.74) is 1.28. The minimum Gasteiger partial charge on any atom is -0.306 e. The fourth-order valence-corrected chi connectivity index (χ4v) is 2.69. The molecule has 0 aliphatic carbocycles. The van der Waals surface area contributed by atoms with E-state index in [-0.39, 0.29) is 6.04 Å². The van der Waals surface area contributed by atoms with Crippen LogP contribution < -0.4 is 5.32 Å². The molecule has 0 saturated heterocycles. The predicted molar refractivity (Wildman–Crippen MR) is 81.0 cm³/mol. The van der Waals surface area contributed by atoms with Gasteiger partial charge in [0.05, 0.1) is 6.04 Å². The molecule has 2 rings (SSSR count). The van der Waals surface area contributed by atoms with E-state index in [9.17, 15) is 8.78 Å². The number of hydrogen-bond donors (Lipinski definition) is 1. The Morgan fingerprint density at radius 2 is 1.80 bits per heavy atom. The summed E-state index contributed by atoms with van der Waals surface area (Å²) in [6, 6.07) is 8.53. The Balaban J connectivity index is 2.52. The van der Waals surface area contributed by atoms with Gasteiger partial charge in [0.1, 0.15) is 11.6 Å². The van der Waals surface area contributed by atoms with Crippen LogP contribution in [0.4, 0.5) is 8.78 Å². The minimum absolute atomic E-state index is 0.366. The molecule has 1 unspecified atom stereocenters. The van der Waals surface area contributed by atoms with Crippen LogP contribution in [0, 0.1) is 11.6 Å². The van der Waals surface area contributed by atoms with E-state index in [1.54, 1.807) is 6.07 Å². The van der Waals surface area contributed by atoms with Gasteiger partial charge < -0.3 is 5.32 Å². The zero-order valence-electron chi connectivity index (χ0n) is 10.8. The molecule has 20 heavy (non-hydrogen) atoms. The highest BCUT2D eigenvalue weighted by molar-refractivity contribution is 9.10. The third-order valence-electron chi connectivity index (χ3n) is 2.90. The molecule has 0 heterocycles. The zero-order chi connectivity index (χ0) is 14.7. The fraction of sp³-hybridized carbons (Fsp3) is 0.200. The molecule has 0 saturated carbocycles. The van der Waals surface area contributed by atoms with Crippen molar-refractivity contribution in [2.24, 2.45) is 0 Å². The molecule has 1 N–H and O–H groups in total. The molecule has 0 spiro atoms. The second-order valence-electron chi connectivity index (χ2n) is 4.36. The quantitative estimate of drug-likeness (QED) is 0.802. The van der Waals surface area contributed by atoms with Crippen molar-refractivity contribution in [2.45, 2.75) is 13.0 Å². The molecule has 2 aromatic carbocycles. The van der Waals surface area contributed by atoms with Gasteiger partial charge in [-0.05, 0) is 48.0 Å². The lowest BCUT2D eigenvalue weighted by Crippen LogP contribution is -2.22. The van der Waals surface area contributed by atoms with E-state index < -0.39 is 11.6 Å². The summed E-state index contributed by atoms with van der Waals surface area (Å²) in [6.07, 6.45) is 0. The highest BCUT2D eigenvalue weighted by Crippen LogP contribution is 2.31. The van der Waals surface area contributed by atoms with E-state index >= 15 is 0 Å². The largest absolute Gasteiger partial charge is 0.306 e. The van der Waals surface area contributed by atoms with Crippen molar-refractivity contribution in [1.82, 2.24) is 5.32 Å². The van der Waals surface area contributed by atoms with Gasteiger partial charge in [0.25, 0.3) is 0 Å². The molecule has 0 aliphatic rings. The van der Waals surface area contributed by atoms with Crippen molar-refractivity contribution >= 4 is 27.5 Å². The molecule has 0 bridgehead atoms. The molecule has 0 radical (unpaired) electrons. The van der Waals surface area contributed by atoms with Crippen LogP contribution in [0.1, 0.15) is 24.1 Å². The molecular formula is C15H13BrClF2N. The molecule has 5 heteroatoms. The third kappa shape index (κ3) is 3.57. The minimum atomic E-state index is -0.603. The van der Waals surface area contributed by atoms with Crippen LogP contribution in [0.2, 0.25) is 5.02 Å². The van der Waals surface area contributed by atoms with Gasteiger partial charge in [-0.2, -0.15) is 0 Å². The van der Waals surface area contributed by atoms with E-state index in [4.69, 9.17) is 11.6 Å². The van der Waals surface area contributed by atoms with Gasteiger partial charge in [0.2, 0.25) is 0 Å². The summed E-state index contributed by atoms with van der Waals surface area (Å²) < 4.78 is 27.7. The molecule has 0 aromatic heterocycles. The van der Waals surface area contributed by atoms with Gasteiger partial charge in [0.15, 0.2) is 0 Å². The molecule has 2 aromatic rings. The van der Waals surface area contributed by atoms with E-state index in [1.807, 2.05) is 19.1 Å². The van der Waals surface area contributed by atoms with Gasteiger partial charge in [0, 0.05) is 15.6 Å². The first kappa shape index (κ1) is 15.4. The van der Waals surface area contributed by atoms with E-state index in [2.05, 4.69) is 21.2 Å². The maximum atomic E-state index is 13.4. The number of benzene rings is 2. The number of halogens is 4. The van der Waals surface area contributed by atoms with Crippen LogP contribution in [-0.2, 0) is 0 Å². The number of rotatable bonds is 4. The van der Waals surface area contributed by atoms with Crippen molar-refractivity contribution < 1.29 is 8.78 Å². The van der Waals surface area contributed by atoms with Gasteiger partial charge in [-0.3, -0.25) is 0 Å². The summed E-state index contributed by atoms with van der Waals surface area (Å²) >= 11 is 9.59. The maximum Gasteiger partial charge on any atom is 0.126 e. The van der Waals surface area contributed by atoms with E-state index in [1.165, 1.54) is 12.1 Å². The zero-order valence-corrected chi connectivity index (χ0v) is 13.1. The maximum absolute atomic E-state index is 13.4. The summed E-state index contributed by atoms with van der Waals surface area (Å²) in [5.74, 6) is -1.21. The second-order valence-corrected chi connectivity index (χ2v) is 5.68. The number of nitrogens with one attached hydrogen (secondary N) is 1. The molecule has 1 nitrogen and oxygen atoms in total. The molecule has 1 atom stereocenters. The highest BCUT2D eigenvalue weighted by Gasteiger charge is 2.18. The average Bonchev–Trinajstić information content (AvgIpc) is 2.38. The molecule has 0 aliphatic heterocycles. The van der Waals surface area contributed by atoms with Crippen LogP contribution in [0.15, 0.2) is 40.9 Å². The van der Waals surface area contributed by atoms with Crippen LogP contribution in [-0.4, -0.2) is 6.54 Å². The molecular weight excluding hydrogens is 348 g/mol. The molecule has 106 valence electrons. The Labute approximate surface area is 130 Å². The monoisotopic (exact) mass is 359 g/mol. The lowest BCUT2D eigenvalue weighted by molar-refractivity contribution is 0.565. The SMILES string of the molecule is CCNC(c1cc(F)cc(F)c1)c1cc(Br)ccc1Cl. The van der Waals surface area contributed by atoms with E-state index in [0.717, 1.165) is 16.1 Å². The van der Waals surface area contributed by atoms with Crippen molar-refractivity contribution in [3.63, 3.8) is 0 Å². The first-order valence-electron chi connectivity index (χ1n) is 6.15. The smallest absolute Gasteiger partial charge is 0.126 e. The molecule has 0 fully saturated rings. The van der Waals surface area contributed by atoms with Gasteiger partial charge >= 0.3 is 0 Å². The van der Waals surface area contributed by atoms with Crippen molar-refractivity contribution in [1.29, 1.82) is 0 Å². The van der Waals surface area contributed by atoms with Gasteiger partial charge in [-0.25, -0.2) is 8.78 Å². The average molecular weight is 361 g/mol. The Kier molecular flexibility index (Phi) is 5.13. The Morgan fingerprint density at radius 1 is 1.15 bits per heavy atom. The van der Waals surface area contributed by atoms with Crippen LogP contribution in [0.25, 0.3) is 0 Å². The van der Waals surface area contributed by atoms with Crippen LogP contribution >= 0.6 is 27.5 Å². The van der Waals surface area contributed by atoms with Gasteiger partial charge in [-0.1, -0.05) is 34.5 Å². The Bertz CT molecular complexity index is 599. The lowest BCUT2D eigenvalue weighted by atomic mass is 9.98. The standard InChI is InChI=1S/C15H13BrClF2N/c1-2-20-15(9-5-11(18)8-12(19)6-9)13-7-10(16)3-4-14(13)17/h3-8,15,20H,2H2,1H3. The summed E-state index contributed by atoms with van der Waals surface area (Å²) in [7, 11) is 0. The van der Waals surface area contributed by atoms with Crippen molar-refractivity contribution in [3.05, 3.63) is 68.7 Å². The lowest BCUT2D eigenvalue weighted by Gasteiger charge is -2.20. The summed E-state index contributed by atoms with van der Waals surface area (Å²) in [5, 5.41) is 3.74. The Morgan fingerprint density at radius 3 is 2.40 bits per heavy atom. The fourth-order valence-electron chi connectivity index (χ4n) is 2.09. The first-order valence-corrected chi connectivity index (χ1v) is 7.32. The molecule has 0 amide bonds.